The van der Waals surface area contributed by atoms with Gasteiger partial charge in [-0.2, -0.15) is 0 Å². The van der Waals surface area contributed by atoms with E-state index in [2.05, 4.69) is 10.3 Å². The Morgan fingerprint density at radius 3 is 2.46 bits per heavy atom. The molecule has 1 fully saturated rings. The molecule has 0 radical (unpaired) electrons. The number of halogens is 1. The predicted octanol–water partition coefficient (Wildman–Crippen LogP) is 6.57. The molecule has 0 atom stereocenters. The van der Waals surface area contributed by atoms with Crippen molar-refractivity contribution in [2.75, 3.05) is 19.0 Å². The van der Waals surface area contributed by atoms with Crippen LogP contribution in [0.2, 0.25) is 0 Å². The first kappa shape index (κ1) is 26.5. The van der Waals surface area contributed by atoms with E-state index in [1.807, 2.05) is 56.3 Å². The fraction of sp³-hybridized carbons (Fsp3) is 0.312. The molecule has 3 aromatic carbocycles. The van der Waals surface area contributed by atoms with Crippen molar-refractivity contribution < 1.29 is 18.7 Å². The molecule has 6 nitrogen and oxygen atoms in total. The molecular weight excluding hydrogens is 493 g/mol. The van der Waals surface area contributed by atoms with E-state index in [1.165, 1.54) is 12.1 Å². The smallest absolute Gasteiger partial charge is 0.257 e. The number of hydrogen-bond acceptors (Lipinski definition) is 3. The minimum atomic E-state index is -1.08. The average molecular weight is 528 g/mol. The number of ether oxygens (including phenoxy) is 1. The lowest BCUT2D eigenvalue weighted by molar-refractivity contribution is -0.126. The summed E-state index contributed by atoms with van der Waals surface area (Å²) in [6, 6.07) is 19.4. The first-order valence-corrected chi connectivity index (χ1v) is 13.4. The summed E-state index contributed by atoms with van der Waals surface area (Å²) in [6.07, 6.45) is 3.16. The van der Waals surface area contributed by atoms with Gasteiger partial charge in [-0.3, -0.25) is 9.59 Å². The van der Waals surface area contributed by atoms with Crippen LogP contribution >= 0.6 is 0 Å². The normalized spacial score (nSPS) is 14.4. The van der Waals surface area contributed by atoms with Crippen molar-refractivity contribution >= 4 is 28.4 Å². The zero-order chi connectivity index (χ0) is 27.6. The summed E-state index contributed by atoms with van der Waals surface area (Å²) >= 11 is 0. The van der Waals surface area contributed by atoms with Gasteiger partial charge in [0.15, 0.2) is 0 Å². The van der Waals surface area contributed by atoms with Crippen LogP contribution in [-0.2, 0) is 11.2 Å². The number of aromatic amines is 1. The van der Waals surface area contributed by atoms with E-state index in [1.54, 1.807) is 24.1 Å². The molecule has 4 aromatic rings. The van der Waals surface area contributed by atoms with Crippen LogP contribution in [0.5, 0.6) is 5.75 Å². The molecule has 1 heterocycles. The van der Waals surface area contributed by atoms with Gasteiger partial charge in [-0.25, -0.2) is 4.39 Å². The molecule has 5 rings (SSSR count). The van der Waals surface area contributed by atoms with E-state index < -0.39 is 17.3 Å². The lowest BCUT2D eigenvalue weighted by Gasteiger charge is -2.40. The Hall–Kier alpha value is -4.13. The summed E-state index contributed by atoms with van der Waals surface area (Å²) in [5.74, 6) is -0.541. The predicted molar refractivity (Wildman–Crippen MR) is 152 cm³/mol. The lowest BCUT2D eigenvalue weighted by Crippen LogP contribution is -2.58. The van der Waals surface area contributed by atoms with Crippen molar-refractivity contribution in [1.29, 1.82) is 0 Å². The SMILES string of the molecule is COc1ccc2[nH]c(C)c(CCN(C(=O)c3ccccc3F)C3(C(=O)Nc4ccccc4C)CCCC3)c2c1. The van der Waals surface area contributed by atoms with Crippen LogP contribution in [0, 0.1) is 19.7 Å². The maximum atomic E-state index is 14.9. The Morgan fingerprint density at radius 1 is 1.03 bits per heavy atom. The van der Waals surface area contributed by atoms with Crippen molar-refractivity contribution in [2.24, 2.45) is 0 Å². The number of aryl methyl sites for hydroxylation is 2. The fourth-order valence-electron chi connectivity index (χ4n) is 5.86. The highest BCUT2D eigenvalue weighted by atomic mass is 19.1. The Morgan fingerprint density at radius 2 is 1.74 bits per heavy atom. The number of aromatic nitrogens is 1. The second-order valence-corrected chi connectivity index (χ2v) is 10.3. The molecule has 0 aliphatic heterocycles. The number of nitrogens with zero attached hydrogens (tertiary/aromatic N) is 1. The van der Waals surface area contributed by atoms with Gasteiger partial charge in [0, 0.05) is 28.8 Å². The van der Waals surface area contributed by atoms with Gasteiger partial charge in [-0.05, 0) is 80.6 Å². The van der Waals surface area contributed by atoms with Gasteiger partial charge in [-0.15, -0.1) is 0 Å². The summed E-state index contributed by atoms with van der Waals surface area (Å²) in [5, 5.41) is 4.10. The summed E-state index contributed by atoms with van der Waals surface area (Å²) in [7, 11) is 1.63. The molecule has 1 saturated carbocycles. The Labute approximate surface area is 228 Å². The van der Waals surface area contributed by atoms with Gasteiger partial charge in [0.2, 0.25) is 5.91 Å². The topological polar surface area (TPSA) is 74.4 Å². The molecule has 1 aromatic heterocycles. The largest absolute Gasteiger partial charge is 0.497 e. The number of hydrogen-bond donors (Lipinski definition) is 2. The van der Waals surface area contributed by atoms with Crippen LogP contribution in [0.3, 0.4) is 0 Å². The molecule has 2 N–H and O–H groups in total. The number of anilines is 1. The number of amides is 2. The number of benzene rings is 3. The number of nitrogens with one attached hydrogen (secondary N) is 2. The highest BCUT2D eigenvalue weighted by Gasteiger charge is 2.48. The third-order valence-corrected chi connectivity index (χ3v) is 8.02. The number of methoxy groups -OCH3 is 1. The van der Waals surface area contributed by atoms with Crippen LogP contribution in [0.25, 0.3) is 10.9 Å². The molecular formula is C32H34FN3O3. The highest BCUT2D eigenvalue weighted by Crippen LogP contribution is 2.39. The maximum absolute atomic E-state index is 14.9. The molecule has 0 bridgehead atoms. The van der Waals surface area contributed by atoms with Crippen molar-refractivity contribution in [3.63, 3.8) is 0 Å². The molecule has 1 aliphatic rings. The summed E-state index contributed by atoms with van der Waals surface area (Å²) < 4.78 is 20.4. The second kappa shape index (κ2) is 10.9. The van der Waals surface area contributed by atoms with Gasteiger partial charge in [0.05, 0.1) is 12.7 Å². The van der Waals surface area contributed by atoms with Crippen molar-refractivity contribution in [3.05, 3.63) is 94.9 Å². The number of H-pyrrole nitrogens is 1. The Kier molecular flexibility index (Phi) is 7.42. The van der Waals surface area contributed by atoms with Crippen LogP contribution in [0.1, 0.15) is 52.9 Å². The van der Waals surface area contributed by atoms with Crippen LogP contribution < -0.4 is 10.1 Å². The van der Waals surface area contributed by atoms with Gasteiger partial charge in [-0.1, -0.05) is 43.2 Å². The highest BCUT2D eigenvalue weighted by molar-refractivity contribution is 6.04. The molecule has 202 valence electrons. The zero-order valence-electron chi connectivity index (χ0n) is 22.6. The first-order valence-electron chi connectivity index (χ1n) is 13.4. The van der Waals surface area contributed by atoms with E-state index in [0.29, 0.717) is 24.9 Å². The van der Waals surface area contributed by atoms with Crippen molar-refractivity contribution in [2.45, 2.75) is 51.5 Å². The molecule has 0 spiro atoms. The van der Waals surface area contributed by atoms with E-state index in [0.717, 1.165) is 46.3 Å². The van der Waals surface area contributed by atoms with Crippen LogP contribution in [0.4, 0.5) is 10.1 Å². The maximum Gasteiger partial charge on any atom is 0.257 e. The molecule has 1 aliphatic carbocycles. The van der Waals surface area contributed by atoms with Gasteiger partial charge in [0.25, 0.3) is 5.91 Å². The van der Waals surface area contributed by atoms with Crippen LogP contribution in [-0.4, -0.2) is 40.9 Å². The molecule has 7 heteroatoms. The summed E-state index contributed by atoms with van der Waals surface area (Å²) in [4.78, 5) is 33.2. The van der Waals surface area contributed by atoms with Gasteiger partial charge in [0.1, 0.15) is 17.1 Å². The number of carbonyl (C=O) groups excluding carboxylic acids is 2. The fourth-order valence-corrected chi connectivity index (χ4v) is 5.86. The average Bonchev–Trinajstić information content (AvgIpc) is 3.55. The number of rotatable bonds is 8. The Bertz CT molecular complexity index is 1520. The molecule has 39 heavy (non-hydrogen) atoms. The second-order valence-electron chi connectivity index (χ2n) is 10.3. The van der Waals surface area contributed by atoms with Crippen molar-refractivity contribution in [1.82, 2.24) is 9.88 Å². The quantitative estimate of drug-likeness (QED) is 0.272. The van der Waals surface area contributed by atoms with E-state index in [4.69, 9.17) is 4.74 Å². The van der Waals surface area contributed by atoms with E-state index in [-0.39, 0.29) is 18.0 Å². The Balaban J connectivity index is 1.54. The third kappa shape index (κ3) is 5.01. The molecule has 2 amide bonds. The standard InChI is InChI=1S/C32H34FN3O3/c1-21-10-4-7-13-28(21)35-31(38)32(17-8-9-18-32)36(30(37)25-11-5-6-12-27(25)33)19-16-24-22(2)34-29-15-14-23(39-3)20-26(24)29/h4-7,10-15,20,34H,8-9,16-19H2,1-3H3,(H,35,38). The third-order valence-electron chi connectivity index (χ3n) is 8.02. The van der Waals surface area contributed by atoms with E-state index in [9.17, 15) is 14.0 Å². The van der Waals surface area contributed by atoms with E-state index >= 15 is 0 Å². The van der Waals surface area contributed by atoms with Crippen molar-refractivity contribution in [3.8, 4) is 5.75 Å². The van der Waals surface area contributed by atoms with Gasteiger partial charge < -0.3 is 19.9 Å². The number of fused-ring (bicyclic) bond motifs is 1. The molecule has 0 unspecified atom stereocenters. The summed E-state index contributed by atoms with van der Waals surface area (Å²) in [6.45, 7) is 4.20. The first-order chi connectivity index (χ1) is 18.8. The summed E-state index contributed by atoms with van der Waals surface area (Å²) in [5.41, 5.74) is 3.55. The lowest BCUT2D eigenvalue weighted by atomic mass is 9.91. The van der Waals surface area contributed by atoms with Crippen LogP contribution in [0.15, 0.2) is 66.7 Å². The monoisotopic (exact) mass is 527 g/mol. The minimum absolute atomic E-state index is 0.0233. The minimum Gasteiger partial charge on any atom is -0.497 e. The van der Waals surface area contributed by atoms with Gasteiger partial charge >= 0.3 is 0 Å². The number of para-hydroxylation sites is 1. The zero-order valence-corrected chi connectivity index (χ0v) is 22.6. The number of carbonyl (C=O) groups is 2. The molecule has 0 saturated heterocycles.